The van der Waals surface area contributed by atoms with Gasteiger partial charge in [-0.3, -0.25) is 0 Å². The van der Waals surface area contributed by atoms with Gasteiger partial charge in [-0.05, 0) is 30.9 Å². The van der Waals surface area contributed by atoms with Gasteiger partial charge in [0, 0.05) is 25.3 Å². The van der Waals surface area contributed by atoms with E-state index in [1.807, 2.05) is 0 Å². The van der Waals surface area contributed by atoms with E-state index in [9.17, 15) is 18.0 Å². The van der Waals surface area contributed by atoms with Crippen molar-refractivity contribution in [3.63, 3.8) is 0 Å². The Morgan fingerprint density at radius 3 is 2.42 bits per heavy atom. The Labute approximate surface area is 147 Å². The highest BCUT2D eigenvalue weighted by Gasteiger charge is 2.21. The highest BCUT2D eigenvalue weighted by atomic mass is 19.1. The third-order valence-corrected chi connectivity index (χ3v) is 4.14. The molecule has 1 fully saturated rings. The standard InChI is InChI=1S/C18H16F3NO4/c19-12-1-2-15(18(23)24)22-17(12)16-13(20)7-11(8-14(16)21)26-9-10-3-5-25-6-4-10/h1-2,7-8,10H,3-6,9H2,(H,23,24). The van der Waals surface area contributed by atoms with Crippen LogP contribution in [0.1, 0.15) is 23.3 Å². The topological polar surface area (TPSA) is 68.7 Å². The van der Waals surface area contributed by atoms with Crippen LogP contribution in [0.5, 0.6) is 5.75 Å². The molecule has 0 atom stereocenters. The van der Waals surface area contributed by atoms with Crippen molar-refractivity contribution in [3.8, 4) is 17.0 Å². The van der Waals surface area contributed by atoms with E-state index < -0.39 is 40.4 Å². The maximum atomic E-state index is 14.4. The van der Waals surface area contributed by atoms with E-state index in [2.05, 4.69) is 4.98 Å². The normalized spacial score (nSPS) is 15.0. The van der Waals surface area contributed by atoms with Crippen LogP contribution in [0.25, 0.3) is 11.3 Å². The molecule has 1 aromatic carbocycles. The Hall–Kier alpha value is -2.61. The number of aromatic carboxylic acids is 1. The predicted octanol–water partition coefficient (Wildman–Crippen LogP) is 3.67. The van der Waals surface area contributed by atoms with Gasteiger partial charge in [-0.15, -0.1) is 0 Å². The van der Waals surface area contributed by atoms with Crippen molar-refractivity contribution >= 4 is 5.97 Å². The monoisotopic (exact) mass is 367 g/mol. The summed E-state index contributed by atoms with van der Waals surface area (Å²) in [5.41, 5.74) is -1.94. The number of carboxylic acid groups (broad SMARTS) is 1. The summed E-state index contributed by atoms with van der Waals surface area (Å²) in [7, 11) is 0. The van der Waals surface area contributed by atoms with Crippen LogP contribution < -0.4 is 4.74 Å². The lowest BCUT2D eigenvalue weighted by atomic mass is 10.0. The number of pyridine rings is 1. The van der Waals surface area contributed by atoms with Gasteiger partial charge >= 0.3 is 5.97 Å². The van der Waals surface area contributed by atoms with E-state index in [0.717, 1.165) is 37.1 Å². The van der Waals surface area contributed by atoms with Gasteiger partial charge in [0.05, 0.1) is 12.2 Å². The summed E-state index contributed by atoms with van der Waals surface area (Å²) < 4.78 is 53.4. The zero-order valence-electron chi connectivity index (χ0n) is 13.7. The number of halogens is 3. The van der Waals surface area contributed by atoms with E-state index in [-0.39, 0.29) is 11.7 Å². The molecule has 8 heteroatoms. The first-order valence-electron chi connectivity index (χ1n) is 8.05. The highest BCUT2D eigenvalue weighted by molar-refractivity contribution is 5.86. The lowest BCUT2D eigenvalue weighted by molar-refractivity contribution is 0.0496. The first-order chi connectivity index (χ1) is 12.5. The van der Waals surface area contributed by atoms with Crippen molar-refractivity contribution in [2.75, 3.05) is 19.8 Å². The molecule has 2 heterocycles. The molecule has 3 rings (SSSR count). The molecule has 1 N–H and O–H groups in total. The maximum Gasteiger partial charge on any atom is 0.354 e. The van der Waals surface area contributed by atoms with Crippen LogP contribution in [-0.4, -0.2) is 35.9 Å². The lowest BCUT2D eigenvalue weighted by Gasteiger charge is -2.22. The minimum atomic E-state index is -1.43. The van der Waals surface area contributed by atoms with Gasteiger partial charge in [0.2, 0.25) is 0 Å². The number of aromatic nitrogens is 1. The van der Waals surface area contributed by atoms with Crippen molar-refractivity contribution in [3.05, 3.63) is 47.4 Å². The summed E-state index contributed by atoms with van der Waals surface area (Å²) in [5.74, 6) is -4.40. The Morgan fingerprint density at radius 1 is 1.15 bits per heavy atom. The van der Waals surface area contributed by atoms with Crippen molar-refractivity contribution in [2.45, 2.75) is 12.8 Å². The summed E-state index contributed by atoms with van der Waals surface area (Å²) >= 11 is 0. The van der Waals surface area contributed by atoms with Gasteiger partial charge in [-0.2, -0.15) is 0 Å². The second-order valence-electron chi connectivity index (χ2n) is 5.96. The molecule has 0 unspecified atom stereocenters. The summed E-state index contributed by atoms with van der Waals surface area (Å²) in [6.07, 6.45) is 1.61. The van der Waals surface area contributed by atoms with Crippen LogP contribution in [-0.2, 0) is 4.74 Å². The number of carboxylic acids is 1. The molecule has 138 valence electrons. The molecule has 1 aromatic heterocycles. The molecule has 0 spiro atoms. The third kappa shape index (κ3) is 3.96. The smallest absolute Gasteiger partial charge is 0.354 e. The first-order valence-corrected chi connectivity index (χ1v) is 8.05. The van der Waals surface area contributed by atoms with Crippen LogP contribution in [0.4, 0.5) is 13.2 Å². The van der Waals surface area contributed by atoms with Crippen LogP contribution in [0.2, 0.25) is 0 Å². The Bertz CT molecular complexity index is 799. The Kier molecular flexibility index (Phi) is 5.41. The summed E-state index contributed by atoms with van der Waals surface area (Å²) in [6.45, 7) is 1.55. The number of hydrogen-bond donors (Lipinski definition) is 1. The number of carbonyl (C=O) groups is 1. The molecular weight excluding hydrogens is 351 g/mol. The van der Waals surface area contributed by atoms with Gasteiger partial charge in [-0.25, -0.2) is 22.9 Å². The Balaban J connectivity index is 1.85. The van der Waals surface area contributed by atoms with Crippen LogP contribution in [0, 0.1) is 23.4 Å². The molecule has 5 nitrogen and oxygen atoms in total. The van der Waals surface area contributed by atoms with E-state index in [0.29, 0.717) is 19.8 Å². The van der Waals surface area contributed by atoms with Crippen molar-refractivity contribution in [1.29, 1.82) is 0 Å². The first kappa shape index (κ1) is 18.2. The van der Waals surface area contributed by atoms with Crippen molar-refractivity contribution < 1.29 is 32.5 Å². The van der Waals surface area contributed by atoms with Crippen LogP contribution in [0.15, 0.2) is 24.3 Å². The molecule has 0 aliphatic carbocycles. The maximum absolute atomic E-state index is 14.4. The summed E-state index contributed by atoms with van der Waals surface area (Å²) in [6, 6.07) is 3.60. The fourth-order valence-corrected chi connectivity index (χ4v) is 2.72. The number of hydrogen-bond acceptors (Lipinski definition) is 4. The fourth-order valence-electron chi connectivity index (χ4n) is 2.72. The number of ether oxygens (including phenoxy) is 2. The molecule has 1 aliphatic heterocycles. The van der Waals surface area contributed by atoms with Crippen molar-refractivity contribution in [2.24, 2.45) is 5.92 Å². The predicted molar refractivity (Wildman–Crippen MR) is 85.5 cm³/mol. The van der Waals surface area contributed by atoms with Gasteiger partial charge in [0.15, 0.2) is 0 Å². The van der Waals surface area contributed by atoms with Gasteiger partial charge in [0.1, 0.15) is 34.6 Å². The van der Waals surface area contributed by atoms with Crippen LogP contribution in [0.3, 0.4) is 0 Å². The zero-order chi connectivity index (χ0) is 18.7. The second-order valence-corrected chi connectivity index (χ2v) is 5.96. The largest absolute Gasteiger partial charge is 0.493 e. The van der Waals surface area contributed by atoms with E-state index >= 15 is 0 Å². The van der Waals surface area contributed by atoms with Gasteiger partial charge in [-0.1, -0.05) is 0 Å². The lowest BCUT2D eigenvalue weighted by Crippen LogP contribution is -2.21. The molecular formula is C18H16F3NO4. The number of nitrogens with zero attached hydrogens (tertiary/aromatic N) is 1. The minimum Gasteiger partial charge on any atom is -0.493 e. The SMILES string of the molecule is O=C(O)c1ccc(F)c(-c2c(F)cc(OCC3CCOCC3)cc2F)n1. The zero-order valence-corrected chi connectivity index (χ0v) is 13.7. The molecule has 2 aromatic rings. The number of rotatable bonds is 5. The van der Waals surface area contributed by atoms with Crippen LogP contribution >= 0.6 is 0 Å². The molecule has 0 saturated carbocycles. The molecule has 1 aliphatic rings. The molecule has 26 heavy (non-hydrogen) atoms. The number of benzene rings is 1. The Morgan fingerprint density at radius 2 is 1.81 bits per heavy atom. The second kappa shape index (κ2) is 7.74. The third-order valence-electron chi connectivity index (χ3n) is 4.14. The van der Waals surface area contributed by atoms with Crippen molar-refractivity contribution in [1.82, 2.24) is 4.98 Å². The minimum absolute atomic E-state index is 0.0231. The molecule has 0 radical (unpaired) electrons. The fraction of sp³-hybridized carbons (Fsp3) is 0.333. The quantitative estimate of drug-likeness (QED) is 0.873. The van der Waals surface area contributed by atoms with E-state index in [1.54, 1.807) is 0 Å². The van der Waals surface area contributed by atoms with E-state index in [1.165, 1.54) is 0 Å². The molecule has 1 saturated heterocycles. The van der Waals surface area contributed by atoms with Gasteiger partial charge < -0.3 is 14.6 Å². The average Bonchev–Trinajstić information content (AvgIpc) is 2.61. The average molecular weight is 367 g/mol. The summed E-state index contributed by atoms with van der Waals surface area (Å²) in [4.78, 5) is 14.5. The summed E-state index contributed by atoms with van der Waals surface area (Å²) in [5, 5.41) is 8.92. The van der Waals surface area contributed by atoms with E-state index in [4.69, 9.17) is 14.6 Å². The molecule has 0 bridgehead atoms. The highest BCUT2D eigenvalue weighted by Crippen LogP contribution is 2.31. The van der Waals surface area contributed by atoms with Gasteiger partial charge in [0.25, 0.3) is 0 Å². The molecule has 0 amide bonds.